The second-order valence-corrected chi connectivity index (χ2v) is 9.56. The number of hydrogen-bond acceptors (Lipinski definition) is 5. The van der Waals surface area contributed by atoms with E-state index in [1.807, 2.05) is 84.6 Å². The zero-order chi connectivity index (χ0) is 23.5. The van der Waals surface area contributed by atoms with Crippen LogP contribution in [-0.4, -0.2) is 38.7 Å². The van der Waals surface area contributed by atoms with Crippen molar-refractivity contribution in [3.63, 3.8) is 0 Å². The fourth-order valence-corrected chi connectivity index (χ4v) is 5.12. The van der Waals surface area contributed by atoms with Crippen LogP contribution in [0.3, 0.4) is 0 Å². The van der Waals surface area contributed by atoms with Crippen LogP contribution in [-0.2, 0) is 4.79 Å². The van der Waals surface area contributed by atoms with E-state index in [0.29, 0.717) is 27.5 Å². The summed E-state index contributed by atoms with van der Waals surface area (Å²) in [4.78, 5) is 33.1. The lowest BCUT2D eigenvalue weighted by molar-refractivity contribution is -0.129. The van der Waals surface area contributed by atoms with Gasteiger partial charge >= 0.3 is 0 Å². The highest BCUT2D eigenvalue weighted by Gasteiger charge is 2.26. The average Bonchev–Trinajstić information content (AvgIpc) is 3.40. The lowest BCUT2D eigenvalue weighted by Gasteiger charge is -2.21. The third kappa shape index (κ3) is 4.56. The second-order valence-electron chi connectivity index (χ2n) is 8.25. The third-order valence-electron chi connectivity index (χ3n) is 5.87. The number of aromatic nitrogens is 2. The van der Waals surface area contributed by atoms with Gasteiger partial charge in [-0.15, -0.1) is 0 Å². The summed E-state index contributed by atoms with van der Waals surface area (Å²) in [6.45, 7) is 3.48. The Balaban J connectivity index is 1.50. The Morgan fingerprint density at radius 1 is 0.912 bits per heavy atom. The summed E-state index contributed by atoms with van der Waals surface area (Å²) in [5.41, 5.74) is 1.13. The van der Waals surface area contributed by atoms with E-state index in [2.05, 4.69) is 0 Å². The quantitative estimate of drug-likeness (QED) is 0.283. The van der Waals surface area contributed by atoms with E-state index in [4.69, 9.17) is 9.72 Å². The smallest absolute Gasteiger partial charge is 0.266 e. The third-order valence-corrected chi connectivity index (χ3v) is 6.91. The molecule has 1 atom stereocenters. The van der Waals surface area contributed by atoms with Crippen LogP contribution in [0, 0.1) is 0 Å². The van der Waals surface area contributed by atoms with Gasteiger partial charge in [-0.1, -0.05) is 42.1 Å². The molecule has 1 aliphatic rings. The highest BCUT2D eigenvalue weighted by molar-refractivity contribution is 8.00. The second kappa shape index (κ2) is 9.73. The number of hydrogen-bond donors (Lipinski definition) is 0. The molecule has 1 aromatic heterocycles. The van der Waals surface area contributed by atoms with E-state index in [1.165, 1.54) is 11.8 Å². The first-order valence-electron chi connectivity index (χ1n) is 11.4. The van der Waals surface area contributed by atoms with Gasteiger partial charge in [0.05, 0.1) is 21.8 Å². The maximum absolute atomic E-state index is 13.5. The first kappa shape index (κ1) is 22.2. The van der Waals surface area contributed by atoms with Gasteiger partial charge in [-0.25, -0.2) is 4.98 Å². The number of likely N-dealkylation sites (tertiary alicyclic amines) is 1. The van der Waals surface area contributed by atoms with Crippen molar-refractivity contribution in [1.82, 2.24) is 14.5 Å². The molecule has 5 rings (SSSR count). The molecule has 6 nitrogen and oxygen atoms in total. The lowest BCUT2D eigenvalue weighted by Crippen LogP contribution is -2.34. The van der Waals surface area contributed by atoms with Crippen LogP contribution in [0.1, 0.15) is 19.8 Å². The van der Waals surface area contributed by atoms with Gasteiger partial charge in [-0.2, -0.15) is 0 Å². The Morgan fingerprint density at radius 2 is 1.56 bits per heavy atom. The van der Waals surface area contributed by atoms with E-state index < -0.39 is 0 Å². The maximum Gasteiger partial charge on any atom is 0.266 e. The summed E-state index contributed by atoms with van der Waals surface area (Å²) in [5.74, 6) is 1.50. The summed E-state index contributed by atoms with van der Waals surface area (Å²) in [6.07, 6.45) is 2.08. The fourth-order valence-electron chi connectivity index (χ4n) is 4.11. The molecule has 0 saturated carbocycles. The zero-order valence-electron chi connectivity index (χ0n) is 18.9. The number of rotatable bonds is 6. The molecule has 172 valence electrons. The molecule has 2 heterocycles. The molecule has 0 bridgehead atoms. The molecule has 34 heavy (non-hydrogen) atoms. The fraction of sp³-hybridized carbons (Fsp3) is 0.222. The number of fused-ring (bicyclic) bond motifs is 1. The highest BCUT2D eigenvalue weighted by Crippen LogP contribution is 2.28. The number of benzene rings is 3. The van der Waals surface area contributed by atoms with E-state index in [1.54, 1.807) is 10.6 Å². The molecule has 0 N–H and O–H groups in total. The maximum atomic E-state index is 13.5. The van der Waals surface area contributed by atoms with Crippen molar-refractivity contribution in [1.29, 1.82) is 0 Å². The molecule has 1 aliphatic heterocycles. The Bertz CT molecular complexity index is 1360. The molecule has 0 spiro atoms. The largest absolute Gasteiger partial charge is 0.457 e. The average molecular weight is 472 g/mol. The molecule has 1 saturated heterocycles. The minimum Gasteiger partial charge on any atom is -0.457 e. The Labute approximate surface area is 202 Å². The predicted octanol–water partition coefficient (Wildman–Crippen LogP) is 5.28. The number of nitrogens with zero attached hydrogens (tertiary/aromatic N) is 3. The molecule has 1 amide bonds. The standard InChI is InChI=1S/C27H25N3O3S/c1-19(25(31)29-17-7-8-18-29)34-27-28-24-12-6-5-11-23(24)26(32)30(27)20-13-15-22(16-14-20)33-21-9-3-2-4-10-21/h2-6,9-16,19H,7-8,17-18H2,1H3. The van der Waals surface area contributed by atoms with Crippen molar-refractivity contribution in [2.24, 2.45) is 0 Å². The summed E-state index contributed by atoms with van der Waals surface area (Å²) in [7, 11) is 0. The molecule has 3 aromatic carbocycles. The molecule has 1 unspecified atom stereocenters. The van der Waals surface area contributed by atoms with Crippen molar-refractivity contribution >= 4 is 28.6 Å². The normalized spacial score (nSPS) is 14.3. The molecular formula is C27H25N3O3S. The van der Waals surface area contributed by atoms with Gasteiger partial charge in [0.2, 0.25) is 5.91 Å². The Kier molecular flexibility index (Phi) is 6.36. The minimum absolute atomic E-state index is 0.0862. The van der Waals surface area contributed by atoms with Crippen molar-refractivity contribution in [2.45, 2.75) is 30.2 Å². The zero-order valence-corrected chi connectivity index (χ0v) is 19.7. The van der Waals surface area contributed by atoms with Gasteiger partial charge in [-0.3, -0.25) is 14.2 Å². The van der Waals surface area contributed by atoms with Crippen LogP contribution in [0.4, 0.5) is 0 Å². The molecule has 7 heteroatoms. The first-order chi connectivity index (χ1) is 16.6. The number of ether oxygens (including phenoxy) is 1. The van der Waals surface area contributed by atoms with Gasteiger partial charge in [0, 0.05) is 13.1 Å². The molecular weight excluding hydrogens is 446 g/mol. The number of thioether (sulfide) groups is 1. The number of para-hydroxylation sites is 2. The van der Waals surface area contributed by atoms with Crippen LogP contribution in [0.25, 0.3) is 16.6 Å². The molecule has 0 aliphatic carbocycles. The summed E-state index contributed by atoms with van der Waals surface area (Å²) in [5, 5.41) is 0.688. The van der Waals surface area contributed by atoms with Gasteiger partial charge in [-0.05, 0) is 68.3 Å². The predicted molar refractivity (Wildman–Crippen MR) is 135 cm³/mol. The topological polar surface area (TPSA) is 64.4 Å². The van der Waals surface area contributed by atoms with Crippen LogP contribution in [0.2, 0.25) is 0 Å². The summed E-state index contributed by atoms with van der Waals surface area (Å²) in [6, 6.07) is 24.2. The first-order valence-corrected chi connectivity index (χ1v) is 12.3. The van der Waals surface area contributed by atoms with Gasteiger partial charge < -0.3 is 9.64 Å². The Morgan fingerprint density at radius 3 is 2.29 bits per heavy atom. The highest BCUT2D eigenvalue weighted by atomic mass is 32.2. The van der Waals surface area contributed by atoms with Crippen LogP contribution in [0.5, 0.6) is 11.5 Å². The van der Waals surface area contributed by atoms with Crippen LogP contribution >= 0.6 is 11.8 Å². The Hall–Kier alpha value is -3.58. The van der Waals surface area contributed by atoms with Crippen molar-refractivity contribution in [2.75, 3.05) is 13.1 Å². The van der Waals surface area contributed by atoms with Crippen molar-refractivity contribution in [3.8, 4) is 17.2 Å². The molecule has 4 aromatic rings. The minimum atomic E-state index is -0.349. The molecule has 0 radical (unpaired) electrons. The van der Waals surface area contributed by atoms with Crippen LogP contribution < -0.4 is 10.3 Å². The number of amides is 1. The van der Waals surface area contributed by atoms with E-state index in [0.717, 1.165) is 31.7 Å². The summed E-state index contributed by atoms with van der Waals surface area (Å²) < 4.78 is 7.48. The van der Waals surface area contributed by atoms with E-state index in [-0.39, 0.29) is 16.7 Å². The molecule has 1 fully saturated rings. The van der Waals surface area contributed by atoms with Gasteiger partial charge in [0.25, 0.3) is 5.56 Å². The number of carbonyl (C=O) groups is 1. The summed E-state index contributed by atoms with van der Waals surface area (Å²) >= 11 is 1.33. The van der Waals surface area contributed by atoms with Crippen molar-refractivity contribution < 1.29 is 9.53 Å². The van der Waals surface area contributed by atoms with E-state index in [9.17, 15) is 9.59 Å². The van der Waals surface area contributed by atoms with Crippen LogP contribution in [0.15, 0.2) is 88.8 Å². The van der Waals surface area contributed by atoms with Gasteiger partial charge in [0.15, 0.2) is 5.16 Å². The SMILES string of the molecule is CC(Sc1nc2ccccc2c(=O)n1-c1ccc(Oc2ccccc2)cc1)C(=O)N1CCCC1. The van der Waals surface area contributed by atoms with Crippen molar-refractivity contribution in [3.05, 3.63) is 89.2 Å². The number of carbonyl (C=O) groups excluding carboxylic acids is 1. The monoisotopic (exact) mass is 471 g/mol. The van der Waals surface area contributed by atoms with Gasteiger partial charge in [0.1, 0.15) is 11.5 Å². The lowest BCUT2D eigenvalue weighted by atomic mass is 10.2. The van der Waals surface area contributed by atoms with E-state index >= 15 is 0 Å².